The van der Waals surface area contributed by atoms with E-state index in [-0.39, 0.29) is 0 Å². The van der Waals surface area contributed by atoms with Crippen molar-refractivity contribution in [3.8, 4) is 5.75 Å². The molecule has 0 amide bonds. The lowest BCUT2D eigenvalue weighted by Gasteiger charge is -2.10. The van der Waals surface area contributed by atoms with Crippen LogP contribution >= 0.6 is 34.5 Å². The molecule has 0 spiro atoms. The van der Waals surface area contributed by atoms with Crippen LogP contribution in [0.25, 0.3) is 10.1 Å². The first-order valence-corrected chi connectivity index (χ1v) is 7.61. The molecule has 0 saturated carbocycles. The molecule has 5 heteroatoms. The Morgan fingerprint density at radius 1 is 1.10 bits per heavy atom. The summed E-state index contributed by atoms with van der Waals surface area (Å²) in [6.45, 7) is 0.424. The van der Waals surface area contributed by atoms with E-state index in [2.05, 4.69) is 17.5 Å². The lowest BCUT2D eigenvalue weighted by molar-refractivity contribution is 0.308. The summed E-state index contributed by atoms with van der Waals surface area (Å²) in [6, 6.07) is 11.5. The van der Waals surface area contributed by atoms with E-state index in [4.69, 9.17) is 33.7 Å². The normalized spacial score (nSPS) is 10.9. The fourth-order valence-electron chi connectivity index (χ4n) is 2.01. The van der Waals surface area contributed by atoms with Crippen LogP contribution in [0.5, 0.6) is 5.75 Å². The van der Waals surface area contributed by atoms with Gasteiger partial charge in [-0.15, -0.1) is 11.3 Å². The largest absolute Gasteiger partial charge is 0.486 e. The zero-order valence-electron chi connectivity index (χ0n) is 10.4. The number of thiophene rings is 1. The van der Waals surface area contributed by atoms with Gasteiger partial charge in [0.25, 0.3) is 0 Å². The Bertz CT molecular complexity index is 746. The van der Waals surface area contributed by atoms with Crippen molar-refractivity contribution in [3.63, 3.8) is 0 Å². The number of nitrogen functional groups attached to an aromatic ring is 1. The molecule has 2 aromatic carbocycles. The standard InChI is InChI=1S/C15H11Cl2NOS/c16-12-5-10(18)6-13(17)15(12)19-7-9-8-20-14-4-2-1-3-11(9)14/h1-6,8H,7,18H2. The van der Waals surface area contributed by atoms with Gasteiger partial charge in [-0.1, -0.05) is 41.4 Å². The van der Waals surface area contributed by atoms with E-state index >= 15 is 0 Å². The number of halogens is 2. The van der Waals surface area contributed by atoms with Gasteiger partial charge in [0.05, 0.1) is 10.0 Å². The number of hydrogen-bond donors (Lipinski definition) is 1. The van der Waals surface area contributed by atoms with Crippen molar-refractivity contribution in [2.45, 2.75) is 6.61 Å². The molecule has 2 N–H and O–H groups in total. The number of anilines is 1. The fraction of sp³-hybridized carbons (Fsp3) is 0.0667. The molecule has 0 aliphatic rings. The third-order valence-corrected chi connectivity index (χ3v) is 4.53. The Hall–Kier alpha value is -1.42. The number of benzene rings is 2. The van der Waals surface area contributed by atoms with Crippen LogP contribution in [0.4, 0.5) is 5.69 Å². The Labute approximate surface area is 130 Å². The molecule has 20 heavy (non-hydrogen) atoms. The summed E-state index contributed by atoms with van der Waals surface area (Å²) in [5, 5.41) is 4.13. The second kappa shape index (κ2) is 5.52. The maximum atomic E-state index is 6.11. The smallest absolute Gasteiger partial charge is 0.157 e. The van der Waals surface area contributed by atoms with Crippen molar-refractivity contribution in [3.05, 3.63) is 57.4 Å². The highest BCUT2D eigenvalue weighted by Gasteiger charge is 2.10. The molecular formula is C15H11Cl2NOS. The molecule has 0 bridgehead atoms. The van der Waals surface area contributed by atoms with Gasteiger partial charge in [0.2, 0.25) is 0 Å². The minimum absolute atomic E-state index is 0.424. The van der Waals surface area contributed by atoms with Crippen molar-refractivity contribution in [2.24, 2.45) is 0 Å². The third-order valence-electron chi connectivity index (χ3n) is 2.95. The van der Waals surface area contributed by atoms with Crippen molar-refractivity contribution >= 4 is 50.3 Å². The van der Waals surface area contributed by atoms with E-state index in [1.54, 1.807) is 23.5 Å². The van der Waals surface area contributed by atoms with Crippen LogP contribution < -0.4 is 10.5 Å². The van der Waals surface area contributed by atoms with Crippen LogP contribution in [0.2, 0.25) is 10.0 Å². The molecule has 102 valence electrons. The summed E-state index contributed by atoms with van der Waals surface area (Å²) in [5.41, 5.74) is 7.31. The molecule has 0 aliphatic carbocycles. The van der Waals surface area contributed by atoms with Gasteiger partial charge < -0.3 is 10.5 Å². The van der Waals surface area contributed by atoms with E-state index in [1.807, 2.05) is 12.1 Å². The highest BCUT2D eigenvalue weighted by molar-refractivity contribution is 7.17. The van der Waals surface area contributed by atoms with E-state index in [0.717, 1.165) is 5.56 Å². The van der Waals surface area contributed by atoms with E-state index < -0.39 is 0 Å². The molecule has 0 atom stereocenters. The van der Waals surface area contributed by atoms with Crippen LogP contribution in [0.1, 0.15) is 5.56 Å². The third kappa shape index (κ3) is 2.57. The monoisotopic (exact) mass is 323 g/mol. The average molecular weight is 324 g/mol. The highest BCUT2D eigenvalue weighted by Crippen LogP contribution is 2.36. The molecule has 0 unspecified atom stereocenters. The Balaban J connectivity index is 1.87. The number of rotatable bonds is 3. The van der Waals surface area contributed by atoms with Gasteiger partial charge in [0, 0.05) is 16.0 Å². The van der Waals surface area contributed by atoms with Crippen molar-refractivity contribution in [2.75, 3.05) is 5.73 Å². The summed E-state index contributed by atoms with van der Waals surface area (Å²) in [5.74, 6) is 0.470. The summed E-state index contributed by atoms with van der Waals surface area (Å²) < 4.78 is 7.00. The minimum atomic E-state index is 0.424. The molecule has 0 fully saturated rings. The van der Waals surface area contributed by atoms with Gasteiger partial charge in [0.1, 0.15) is 6.61 Å². The molecule has 3 aromatic rings. The fourth-order valence-corrected chi connectivity index (χ4v) is 3.57. The lowest BCUT2D eigenvalue weighted by Crippen LogP contribution is -1.97. The Morgan fingerprint density at radius 2 is 1.80 bits per heavy atom. The summed E-state index contributed by atoms with van der Waals surface area (Å²) in [4.78, 5) is 0. The van der Waals surface area contributed by atoms with Gasteiger partial charge in [-0.05, 0) is 29.0 Å². The van der Waals surface area contributed by atoms with Crippen LogP contribution in [0.3, 0.4) is 0 Å². The maximum Gasteiger partial charge on any atom is 0.157 e. The number of fused-ring (bicyclic) bond motifs is 1. The second-order valence-corrected chi connectivity index (χ2v) is 6.09. The van der Waals surface area contributed by atoms with Crippen LogP contribution in [0.15, 0.2) is 41.8 Å². The van der Waals surface area contributed by atoms with Crippen LogP contribution in [-0.2, 0) is 6.61 Å². The van der Waals surface area contributed by atoms with Gasteiger partial charge in [-0.2, -0.15) is 0 Å². The SMILES string of the molecule is Nc1cc(Cl)c(OCc2csc3ccccc23)c(Cl)c1. The minimum Gasteiger partial charge on any atom is -0.486 e. The predicted octanol–water partition coefficient (Wildman–Crippen LogP) is 5.37. The van der Waals surface area contributed by atoms with Crippen LogP contribution in [0, 0.1) is 0 Å². The second-order valence-electron chi connectivity index (χ2n) is 4.36. The maximum absolute atomic E-state index is 6.11. The zero-order valence-corrected chi connectivity index (χ0v) is 12.7. The van der Waals surface area contributed by atoms with E-state index in [0.29, 0.717) is 28.1 Å². The quantitative estimate of drug-likeness (QED) is 0.657. The molecule has 0 radical (unpaired) electrons. The topological polar surface area (TPSA) is 35.2 Å². The van der Waals surface area contributed by atoms with Gasteiger partial charge in [-0.3, -0.25) is 0 Å². The highest BCUT2D eigenvalue weighted by atomic mass is 35.5. The van der Waals surface area contributed by atoms with Crippen molar-refractivity contribution in [1.82, 2.24) is 0 Å². The summed E-state index contributed by atoms with van der Waals surface area (Å²) >= 11 is 13.9. The Kier molecular flexibility index (Phi) is 3.74. The molecule has 0 aliphatic heterocycles. The zero-order chi connectivity index (χ0) is 14.1. The lowest BCUT2D eigenvalue weighted by atomic mass is 10.2. The first kappa shape index (κ1) is 13.6. The molecule has 1 aromatic heterocycles. The van der Waals surface area contributed by atoms with Gasteiger partial charge in [-0.25, -0.2) is 0 Å². The number of hydrogen-bond acceptors (Lipinski definition) is 3. The predicted molar refractivity (Wildman–Crippen MR) is 87.0 cm³/mol. The molecular weight excluding hydrogens is 313 g/mol. The molecule has 1 heterocycles. The van der Waals surface area contributed by atoms with Crippen molar-refractivity contribution < 1.29 is 4.74 Å². The Morgan fingerprint density at radius 3 is 2.55 bits per heavy atom. The molecule has 2 nitrogen and oxygen atoms in total. The number of ether oxygens (including phenoxy) is 1. The molecule has 3 rings (SSSR count). The first-order valence-electron chi connectivity index (χ1n) is 5.97. The summed E-state index contributed by atoms with van der Waals surface area (Å²) in [7, 11) is 0. The van der Waals surface area contributed by atoms with Crippen molar-refractivity contribution in [1.29, 1.82) is 0 Å². The van der Waals surface area contributed by atoms with E-state index in [9.17, 15) is 0 Å². The summed E-state index contributed by atoms with van der Waals surface area (Å²) in [6.07, 6.45) is 0. The number of nitrogens with two attached hydrogens (primary N) is 1. The van der Waals surface area contributed by atoms with Crippen LogP contribution in [-0.4, -0.2) is 0 Å². The van der Waals surface area contributed by atoms with Gasteiger partial charge >= 0.3 is 0 Å². The first-order chi connectivity index (χ1) is 9.65. The average Bonchev–Trinajstić information content (AvgIpc) is 2.81. The van der Waals surface area contributed by atoms with Gasteiger partial charge in [0.15, 0.2) is 5.75 Å². The molecule has 0 saturated heterocycles. The van der Waals surface area contributed by atoms with E-state index in [1.165, 1.54) is 10.1 Å².